The Bertz CT molecular complexity index is 784. The number of benzene rings is 1. The van der Waals surface area contributed by atoms with E-state index in [9.17, 15) is 9.18 Å². The van der Waals surface area contributed by atoms with Crippen LogP contribution in [-0.2, 0) is 22.5 Å². The molecule has 1 aromatic heterocycles. The Balaban J connectivity index is 1.79. The van der Waals surface area contributed by atoms with Crippen molar-refractivity contribution in [2.75, 3.05) is 0 Å². The number of carbonyl (C=O) groups is 1. The Morgan fingerprint density at radius 1 is 1.38 bits per heavy atom. The molecule has 2 unspecified atom stereocenters. The number of halogens is 1. The van der Waals surface area contributed by atoms with Crippen molar-refractivity contribution in [2.45, 2.75) is 66.0 Å². The first-order valence-electron chi connectivity index (χ1n) is 9.73. The Hall–Kier alpha value is -1.91. The number of fused-ring (bicyclic) bond motifs is 1. The molecule has 1 aliphatic rings. The van der Waals surface area contributed by atoms with Crippen LogP contribution >= 0.6 is 0 Å². The standard InChI is InChI=1S/C21H29FN2O2/c1-5-20-23-17-9-7-15(22)11-18(17)24(20)12-21(25)26-19-10-14(4)6-8-16(19)13(2)3/h7,9,11,13-14,16,19H,5-6,8,10,12H2,1-4H3/t14?,16-,19?/m0/s1. The number of esters is 1. The largest absolute Gasteiger partial charge is 0.461 e. The molecule has 1 aliphatic carbocycles. The number of hydrogen-bond donors (Lipinski definition) is 0. The maximum Gasteiger partial charge on any atom is 0.326 e. The third-order valence-electron chi connectivity index (χ3n) is 5.64. The van der Waals surface area contributed by atoms with Crippen LogP contribution in [0.25, 0.3) is 11.0 Å². The zero-order valence-corrected chi connectivity index (χ0v) is 16.2. The molecule has 1 heterocycles. The summed E-state index contributed by atoms with van der Waals surface area (Å²) < 4.78 is 21.4. The van der Waals surface area contributed by atoms with Gasteiger partial charge in [-0.3, -0.25) is 4.79 Å². The smallest absolute Gasteiger partial charge is 0.326 e. The lowest BCUT2D eigenvalue weighted by Crippen LogP contribution is -2.36. The van der Waals surface area contributed by atoms with Crippen molar-refractivity contribution in [1.82, 2.24) is 9.55 Å². The Labute approximate surface area is 154 Å². The normalized spacial score (nSPS) is 23.5. The van der Waals surface area contributed by atoms with Crippen LogP contribution in [-0.4, -0.2) is 21.6 Å². The number of carbonyl (C=O) groups excluding carboxylic acids is 1. The molecular weight excluding hydrogens is 331 g/mol. The van der Waals surface area contributed by atoms with Gasteiger partial charge in [0.2, 0.25) is 0 Å². The number of rotatable bonds is 5. The van der Waals surface area contributed by atoms with E-state index in [1.165, 1.54) is 18.6 Å². The van der Waals surface area contributed by atoms with E-state index in [-0.39, 0.29) is 24.4 Å². The second-order valence-corrected chi connectivity index (χ2v) is 7.96. The quantitative estimate of drug-likeness (QED) is 0.723. The van der Waals surface area contributed by atoms with Gasteiger partial charge in [-0.2, -0.15) is 0 Å². The van der Waals surface area contributed by atoms with Crippen LogP contribution < -0.4 is 0 Å². The monoisotopic (exact) mass is 360 g/mol. The van der Waals surface area contributed by atoms with Gasteiger partial charge in [-0.05, 0) is 48.8 Å². The van der Waals surface area contributed by atoms with Crippen molar-refractivity contribution in [3.8, 4) is 0 Å². The first-order valence-corrected chi connectivity index (χ1v) is 9.73. The summed E-state index contributed by atoms with van der Waals surface area (Å²) >= 11 is 0. The minimum Gasteiger partial charge on any atom is -0.461 e. The maximum absolute atomic E-state index is 13.7. The van der Waals surface area contributed by atoms with Crippen molar-refractivity contribution in [2.24, 2.45) is 17.8 Å². The predicted octanol–water partition coefficient (Wildman–Crippen LogP) is 4.74. The van der Waals surface area contributed by atoms with Gasteiger partial charge < -0.3 is 9.30 Å². The third-order valence-corrected chi connectivity index (χ3v) is 5.64. The van der Waals surface area contributed by atoms with Gasteiger partial charge in [0.15, 0.2) is 0 Å². The van der Waals surface area contributed by atoms with Crippen LogP contribution in [0.5, 0.6) is 0 Å². The highest BCUT2D eigenvalue weighted by molar-refractivity contribution is 5.79. The van der Waals surface area contributed by atoms with E-state index in [0.717, 1.165) is 18.7 Å². The molecule has 0 N–H and O–H groups in total. The van der Waals surface area contributed by atoms with Crippen molar-refractivity contribution in [3.05, 3.63) is 29.8 Å². The highest BCUT2D eigenvalue weighted by Gasteiger charge is 2.33. The molecule has 5 heteroatoms. The number of aromatic nitrogens is 2. The molecular formula is C21H29FN2O2. The zero-order valence-electron chi connectivity index (χ0n) is 16.2. The van der Waals surface area contributed by atoms with E-state index in [1.54, 1.807) is 10.6 Å². The van der Waals surface area contributed by atoms with Gasteiger partial charge in [0, 0.05) is 6.42 Å². The second-order valence-electron chi connectivity index (χ2n) is 7.96. The molecule has 3 atom stereocenters. The van der Waals surface area contributed by atoms with Crippen LogP contribution in [0.4, 0.5) is 4.39 Å². The summed E-state index contributed by atoms with van der Waals surface area (Å²) in [6, 6.07) is 4.49. The third kappa shape index (κ3) is 3.92. The average Bonchev–Trinajstić information content (AvgIpc) is 2.91. The summed E-state index contributed by atoms with van der Waals surface area (Å²) in [7, 11) is 0. The van der Waals surface area contributed by atoms with Gasteiger partial charge in [-0.15, -0.1) is 0 Å². The van der Waals surface area contributed by atoms with Gasteiger partial charge in [0.25, 0.3) is 0 Å². The lowest BCUT2D eigenvalue weighted by atomic mass is 9.75. The molecule has 0 spiro atoms. The lowest BCUT2D eigenvalue weighted by Gasteiger charge is -2.36. The first kappa shape index (κ1) is 18.9. The minimum absolute atomic E-state index is 0.0251. The summed E-state index contributed by atoms with van der Waals surface area (Å²) in [5.74, 6) is 1.69. The van der Waals surface area contributed by atoms with Crippen LogP contribution in [0, 0.1) is 23.6 Å². The van der Waals surface area contributed by atoms with E-state index in [2.05, 4.69) is 25.8 Å². The summed E-state index contributed by atoms with van der Waals surface area (Å²) in [4.78, 5) is 17.2. The molecule has 0 bridgehead atoms. The second kappa shape index (κ2) is 7.77. The van der Waals surface area contributed by atoms with E-state index in [1.807, 2.05) is 6.92 Å². The zero-order chi connectivity index (χ0) is 18.8. The molecule has 142 valence electrons. The highest BCUT2D eigenvalue weighted by Crippen LogP contribution is 2.35. The summed E-state index contributed by atoms with van der Waals surface area (Å²) in [6.07, 6.45) is 3.88. The number of aryl methyl sites for hydroxylation is 1. The van der Waals surface area contributed by atoms with Gasteiger partial charge in [-0.25, -0.2) is 9.37 Å². The van der Waals surface area contributed by atoms with Crippen molar-refractivity contribution in [1.29, 1.82) is 0 Å². The van der Waals surface area contributed by atoms with Crippen molar-refractivity contribution in [3.63, 3.8) is 0 Å². The predicted molar refractivity (Wildman–Crippen MR) is 100 cm³/mol. The molecule has 0 radical (unpaired) electrons. The van der Waals surface area contributed by atoms with Gasteiger partial charge >= 0.3 is 5.97 Å². The average molecular weight is 360 g/mol. The lowest BCUT2D eigenvalue weighted by molar-refractivity contribution is -0.156. The fourth-order valence-corrected chi connectivity index (χ4v) is 4.18. The number of ether oxygens (including phenoxy) is 1. The topological polar surface area (TPSA) is 44.1 Å². The number of hydrogen-bond acceptors (Lipinski definition) is 3. The number of imidazole rings is 1. The van der Waals surface area contributed by atoms with Crippen LogP contribution in [0.15, 0.2) is 18.2 Å². The Morgan fingerprint density at radius 2 is 2.15 bits per heavy atom. The summed E-state index contributed by atoms with van der Waals surface area (Å²) in [6.45, 7) is 8.68. The van der Waals surface area contributed by atoms with Crippen LogP contribution in [0.1, 0.15) is 52.8 Å². The Kier molecular flexibility index (Phi) is 5.64. The van der Waals surface area contributed by atoms with E-state index in [4.69, 9.17) is 4.74 Å². The summed E-state index contributed by atoms with van der Waals surface area (Å²) in [5.41, 5.74) is 1.36. The van der Waals surface area contributed by atoms with E-state index >= 15 is 0 Å². The first-order chi connectivity index (χ1) is 12.4. The molecule has 1 fully saturated rings. The fourth-order valence-electron chi connectivity index (χ4n) is 4.18. The van der Waals surface area contributed by atoms with Gasteiger partial charge in [0.1, 0.15) is 24.3 Å². The van der Waals surface area contributed by atoms with Gasteiger partial charge in [-0.1, -0.05) is 34.1 Å². The van der Waals surface area contributed by atoms with E-state index < -0.39 is 0 Å². The molecule has 2 aromatic rings. The fraction of sp³-hybridized carbons (Fsp3) is 0.619. The van der Waals surface area contributed by atoms with Crippen molar-refractivity contribution < 1.29 is 13.9 Å². The molecule has 1 aromatic carbocycles. The SMILES string of the molecule is CCc1nc2ccc(F)cc2n1CC(=O)OC1CC(C)CC[C@H]1C(C)C. The molecule has 26 heavy (non-hydrogen) atoms. The highest BCUT2D eigenvalue weighted by atomic mass is 19.1. The molecule has 0 saturated heterocycles. The molecule has 3 rings (SSSR count). The van der Waals surface area contributed by atoms with Crippen LogP contribution in [0.2, 0.25) is 0 Å². The van der Waals surface area contributed by atoms with Crippen molar-refractivity contribution >= 4 is 17.0 Å². The molecule has 0 aliphatic heterocycles. The van der Waals surface area contributed by atoms with Gasteiger partial charge in [0.05, 0.1) is 11.0 Å². The molecule has 0 amide bonds. The van der Waals surface area contributed by atoms with Crippen LogP contribution in [0.3, 0.4) is 0 Å². The number of nitrogens with zero attached hydrogens (tertiary/aromatic N) is 2. The molecule has 4 nitrogen and oxygen atoms in total. The minimum atomic E-state index is -0.323. The maximum atomic E-state index is 13.7. The summed E-state index contributed by atoms with van der Waals surface area (Å²) in [5, 5.41) is 0. The Morgan fingerprint density at radius 3 is 2.85 bits per heavy atom. The van der Waals surface area contributed by atoms with E-state index in [0.29, 0.717) is 35.2 Å². The molecule has 1 saturated carbocycles.